The third-order valence-electron chi connectivity index (χ3n) is 6.86. The highest BCUT2D eigenvalue weighted by Crippen LogP contribution is 2.29. The number of carbonyl (C=O) groups excluding carboxylic acids is 2. The first-order chi connectivity index (χ1) is 19.1. The number of benzene rings is 3. The number of aromatic nitrogens is 1. The number of rotatable bonds is 10. The van der Waals surface area contributed by atoms with Gasteiger partial charge in [-0.25, -0.2) is 0 Å². The highest BCUT2D eigenvalue weighted by molar-refractivity contribution is 5.96. The molecule has 6 nitrogen and oxygen atoms in total. The number of H-pyrrole nitrogens is 1. The molecule has 1 aromatic heterocycles. The zero-order valence-electron chi connectivity index (χ0n) is 22.7. The second-order valence-electron chi connectivity index (χ2n) is 9.87. The third-order valence-corrected chi connectivity index (χ3v) is 6.86. The average molecular weight is 552 g/mol. The van der Waals surface area contributed by atoms with Crippen LogP contribution in [-0.2, 0) is 23.9 Å². The molecular formula is C31H32F3N3O3. The summed E-state index contributed by atoms with van der Waals surface area (Å²) >= 11 is 0. The molecule has 4 aromatic rings. The number of ether oxygens (including phenoxy) is 1. The minimum Gasteiger partial charge on any atom is -0.497 e. The molecule has 1 heterocycles. The number of nitrogens with one attached hydrogen (secondary N) is 1. The number of methoxy groups -OCH3 is 1. The van der Waals surface area contributed by atoms with E-state index in [1.807, 2.05) is 54.7 Å². The molecule has 0 aliphatic carbocycles. The first-order valence-corrected chi connectivity index (χ1v) is 13.0. The number of halogens is 3. The topological polar surface area (TPSA) is 65.6 Å². The number of hydrogen-bond acceptors (Lipinski definition) is 3. The van der Waals surface area contributed by atoms with Crippen molar-refractivity contribution in [3.8, 4) is 5.75 Å². The summed E-state index contributed by atoms with van der Waals surface area (Å²) in [6.07, 6.45) is -1.96. The lowest BCUT2D eigenvalue weighted by Gasteiger charge is -2.30. The Morgan fingerprint density at radius 3 is 2.25 bits per heavy atom. The van der Waals surface area contributed by atoms with Gasteiger partial charge in [0, 0.05) is 41.8 Å². The molecule has 0 bridgehead atoms. The second-order valence-corrected chi connectivity index (χ2v) is 9.87. The third kappa shape index (κ3) is 6.83. The Hall–Kier alpha value is -4.27. The maximum atomic E-state index is 13.7. The number of amides is 2. The van der Waals surface area contributed by atoms with Gasteiger partial charge in [0.25, 0.3) is 5.91 Å². The van der Waals surface area contributed by atoms with Gasteiger partial charge in [0.2, 0.25) is 5.91 Å². The normalized spacial score (nSPS) is 11.6. The summed E-state index contributed by atoms with van der Waals surface area (Å²) in [5.74, 6) is -0.0590. The van der Waals surface area contributed by atoms with Gasteiger partial charge in [0.15, 0.2) is 0 Å². The zero-order chi connectivity index (χ0) is 28.9. The van der Waals surface area contributed by atoms with Gasteiger partial charge >= 0.3 is 6.18 Å². The van der Waals surface area contributed by atoms with E-state index in [9.17, 15) is 22.8 Å². The molecule has 9 heteroatoms. The summed E-state index contributed by atoms with van der Waals surface area (Å²) in [5, 5.41) is 1.08. The van der Waals surface area contributed by atoms with Crippen LogP contribution >= 0.6 is 0 Å². The van der Waals surface area contributed by atoms with Gasteiger partial charge in [-0.3, -0.25) is 9.59 Å². The van der Waals surface area contributed by atoms with Crippen molar-refractivity contribution in [3.05, 3.63) is 101 Å². The summed E-state index contributed by atoms with van der Waals surface area (Å²) in [4.78, 5) is 33.3. The van der Waals surface area contributed by atoms with E-state index >= 15 is 0 Å². The SMILES string of the molecule is COc1ccc(CN(CCc2c[nH]c3ccccc23)C(=O)CN(C(=O)c2ccc(C(F)(F)F)cc2)C(C)C)cc1. The lowest BCUT2D eigenvalue weighted by Crippen LogP contribution is -2.46. The van der Waals surface area contributed by atoms with E-state index in [0.29, 0.717) is 25.3 Å². The van der Waals surface area contributed by atoms with Gasteiger partial charge in [-0.1, -0.05) is 30.3 Å². The van der Waals surface area contributed by atoms with E-state index in [1.54, 1.807) is 25.9 Å². The average Bonchev–Trinajstić information content (AvgIpc) is 3.36. The van der Waals surface area contributed by atoms with Gasteiger partial charge in [0.1, 0.15) is 12.3 Å². The maximum absolute atomic E-state index is 13.7. The smallest absolute Gasteiger partial charge is 0.416 e. The summed E-state index contributed by atoms with van der Waals surface area (Å²) < 4.78 is 44.2. The van der Waals surface area contributed by atoms with Crippen LogP contribution in [0, 0.1) is 0 Å². The molecule has 0 unspecified atom stereocenters. The monoisotopic (exact) mass is 551 g/mol. The summed E-state index contributed by atoms with van der Waals surface area (Å²) in [6.45, 7) is 4.07. The van der Waals surface area contributed by atoms with Crippen molar-refractivity contribution in [2.75, 3.05) is 20.2 Å². The number of alkyl halides is 3. The van der Waals surface area contributed by atoms with Crippen molar-refractivity contribution in [1.82, 2.24) is 14.8 Å². The fourth-order valence-corrected chi connectivity index (χ4v) is 4.54. The van der Waals surface area contributed by atoms with Crippen LogP contribution in [0.25, 0.3) is 10.9 Å². The van der Waals surface area contributed by atoms with Crippen LogP contribution in [0.5, 0.6) is 5.75 Å². The number of para-hydroxylation sites is 1. The summed E-state index contributed by atoms with van der Waals surface area (Å²) in [5.41, 5.74) is 2.25. The van der Waals surface area contributed by atoms with Gasteiger partial charge in [-0.05, 0) is 73.9 Å². The molecule has 0 saturated heterocycles. The molecule has 0 saturated carbocycles. The van der Waals surface area contributed by atoms with Gasteiger partial charge in [-0.15, -0.1) is 0 Å². The Labute approximate surface area is 231 Å². The maximum Gasteiger partial charge on any atom is 0.416 e. The van der Waals surface area contributed by atoms with Crippen molar-refractivity contribution >= 4 is 22.7 Å². The van der Waals surface area contributed by atoms with E-state index in [0.717, 1.165) is 46.3 Å². The van der Waals surface area contributed by atoms with Gasteiger partial charge < -0.3 is 19.5 Å². The molecule has 0 aliphatic heterocycles. The highest BCUT2D eigenvalue weighted by Gasteiger charge is 2.31. The Kier molecular flexibility index (Phi) is 8.82. The minimum absolute atomic E-state index is 0.0926. The van der Waals surface area contributed by atoms with Crippen LogP contribution < -0.4 is 4.74 Å². The fourth-order valence-electron chi connectivity index (χ4n) is 4.54. The Bertz CT molecular complexity index is 1440. The molecule has 0 fully saturated rings. The predicted octanol–water partition coefficient (Wildman–Crippen LogP) is 6.32. The van der Waals surface area contributed by atoms with E-state index in [1.165, 1.54) is 4.90 Å². The number of carbonyl (C=O) groups is 2. The minimum atomic E-state index is -4.50. The molecule has 0 atom stereocenters. The molecule has 0 aliphatic rings. The Morgan fingerprint density at radius 2 is 1.62 bits per heavy atom. The van der Waals surface area contributed by atoms with E-state index in [2.05, 4.69) is 4.98 Å². The second kappa shape index (κ2) is 12.3. The van der Waals surface area contributed by atoms with Crippen molar-refractivity contribution < 1.29 is 27.5 Å². The van der Waals surface area contributed by atoms with Gasteiger partial charge in [-0.2, -0.15) is 13.2 Å². The number of nitrogens with zero attached hydrogens (tertiary/aromatic N) is 2. The lowest BCUT2D eigenvalue weighted by atomic mass is 10.1. The molecule has 0 spiro atoms. The lowest BCUT2D eigenvalue weighted by molar-refractivity contribution is -0.137. The molecule has 1 N–H and O–H groups in total. The molecule has 210 valence electrons. The van der Waals surface area contributed by atoms with Crippen molar-refractivity contribution in [2.45, 2.75) is 39.0 Å². The van der Waals surface area contributed by atoms with Crippen LogP contribution in [0.1, 0.15) is 40.9 Å². The number of fused-ring (bicyclic) bond motifs is 1. The highest BCUT2D eigenvalue weighted by atomic mass is 19.4. The summed E-state index contributed by atoms with van der Waals surface area (Å²) in [6, 6.07) is 19.1. The molecule has 3 aromatic carbocycles. The van der Waals surface area contributed by atoms with Crippen molar-refractivity contribution in [1.29, 1.82) is 0 Å². The Morgan fingerprint density at radius 1 is 0.950 bits per heavy atom. The van der Waals surface area contributed by atoms with Crippen LogP contribution in [0.15, 0.2) is 79.0 Å². The van der Waals surface area contributed by atoms with Crippen LogP contribution in [-0.4, -0.2) is 52.8 Å². The summed E-state index contributed by atoms with van der Waals surface area (Å²) in [7, 11) is 1.58. The van der Waals surface area contributed by atoms with Crippen molar-refractivity contribution in [3.63, 3.8) is 0 Å². The van der Waals surface area contributed by atoms with Crippen LogP contribution in [0.4, 0.5) is 13.2 Å². The van der Waals surface area contributed by atoms with E-state index in [4.69, 9.17) is 4.74 Å². The standard InChI is InChI=1S/C31H32F3N3O3/c1-21(2)37(30(39)23-10-12-25(13-11-23)31(32,33)34)20-29(38)36(19-22-8-14-26(40-3)15-9-22)17-16-24-18-35-28-7-5-4-6-27(24)28/h4-15,18,21,35H,16-17,19-20H2,1-3H3. The first kappa shape index (κ1) is 28.7. The van der Waals surface area contributed by atoms with Crippen LogP contribution in [0.3, 0.4) is 0 Å². The fraction of sp³-hybridized carbons (Fsp3) is 0.290. The molecule has 2 amide bonds. The largest absolute Gasteiger partial charge is 0.497 e. The number of aromatic amines is 1. The molecule has 0 radical (unpaired) electrons. The van der Waals surface area contributed by atoms with E-state index in [-0.39, 0.29) is 24.1 Å². The van der Waals surface area contributed by atoms with Crippen molar-refractivity contribution in [2.24, 2.45) is 0 Å². The van der Waals surface area contributed by atoms with Crippen LogP contribution in [0.2, 0.25) is 0 Å². The molecule has 4 rings (SSSR count). The van der Waals surface area contributed by atoms with Gasteiger partial charge in [0.05, 0.1) is 12.7 Å². The van der Waals surface area contributed by atoms with E-state index < -0.39 is 17.6 Å². The Balaban J connectivity index is 1.54. The first-order valence-electron chi connectivity index (χ1n) is 13.0. The zero-order valence-corrected chi connectivity index (χ0v) is 22.7. The quantitative estimate of drug-likeness (QED) is 0.251. The molecular weight excluding hydrogens is 519 g/mol. The predicted molar refractivity (Wildman–Crippen MR) is 148 cm³/mol. The molecule has 40 heavy (non-hydrogen) atoms. The number of hydrogen-bond donors (Lipinski definition) is 1.